The zero-order chi connectivity index (χ0) is 21.8. The lowest BCUT2D eigenvalue weighted by molar-refractivity contribution is -0.118. The Balaban J connectivity index is 1.54. The van der Waals surface area contributed by atoms with Gasteiger partial charge in [0.25, 0.3) is 5.56 Å². The summed E-state index contributed by atoms with van der Waals surface area (Å²) < 4.78 is 7.79. The van der Waals surface area contributed by atoms with Gasteiger partial charge in [-0.05, 0) is 39.0 Å². The van der Waals surface area contributed by atoms with Crippen molar-refractivity contribution in [3.8, 4) is 0 Å². The number of thiophene rings is 1. The number of nitrogens with one attached hydrogen (secondary N) is 1. The van der Waals surface area contributed by atoms with Gasteiger partial charge in [-0.2, -0.15) is 0 Å². The zero-order valence-corrected chi connectivity index (χ0v) is 18.3. The maximum atomic E-state index is 13.2. The first-order chi connectivity index (χ1) is 14.8. The van der Waals surface area contributed by atoms with E-state index < -0.39 is 6.04 Å². The van der Waals surface area contributed by atoms with Crippen molar-refractivity contribution >= 4 is 43.4 Å². The largest absolute Gasteiger partial charge is 0.370 e. The lowest BCUT2D eigenvalue weighted by Gasteiger charge is -2.30. The number of amides is 1. The molecule has 1 amide bonds. The van der Waals surface area contributed by atoms with Crippen molar-refractivity contribution in [3.05, 3.63) is 64.3 Å². The zero-order valence-electron chi connectivity index (χ0n) is 17.5. The van der Waals surface area contributed by atoms with E-state index in [0.29, 0.717) is 22.5 Å². The van der Waals surface area contributed by atoms with Gasteiger partial charge in [0.15, 0.2) is 0 Å². The molecule has 1 aliphatic rings. The van der Waals surface area contributed by atoms with Crippen molar-refractivity contribution in [1.82, 2.24) is 14.5 Å². The van der Waals surface area contributed by atoms with Crippen LogP contribution in [0.15, 0.2) is 47.5 Å². The van der Waals surface area contributed by atoms with Crippen LogP contribution >= 0.6 is 11.3 Å². The second-order valence-electron chi connectivity index (χ2n) is 8.44. The number of nitrogens with zero attached hydrogens (tertiary/aromatic N) is 3. The maximum absolute atomic E-state index is 13.2. The van der Waals surface area contributed by atoms with Gasteiger partial charge in [0, 0.05) is 23.1 Å². The van der Waals surface area contributed by atoms with Crippen LogP contribution in [-0.2, 0) is 22.6 Å². The molecule has 0 bridgehead atoms. The van der Waals surface area contributed by atoms with Gasteiger partial charge >= 0.3 is 0 Å². The molecular weight excluding hydrogens is 412 g/mol. The fourth-order valence-electron chi connectivity index (χ4n) is 3.83. The molecule has 0 radical (unpaired) electrons. The Labute approximate surface area is 182 Å². The molecule has 0 fully saturated rings. The van der Waals surface area contributed by atoms with Gasteiger partial charge in [0.1, 0.15) is 15.6 Å². The Hall–Kier alpha value is -3.10. The van der Waals surface area contributed by atoms with Gasteiger partial charge in [-0.15, -0.1) is 11.3 Å². The second kappa shape index (κ2) is 7.25. The predicted molar refractivity (Wildman–Crippen MR) is 122 cm³/mol. The van der Waals surface area contributed by atoms with Crippen LogP contribution in [0.5, 0.6) is 0 Å². The average molecular weight is 435 g/mol. The lowest BCUT2D eigenvalue weighted by atomic mass is 9.95. The van der Waals surface area contributed by atoms with Gasteiger partial charge in [-0.25, -0.2) is 9.97 Å². The molecule has 0 saturated carbocycles. The summed E-state index contributed by atoms with van der Waals surface area (Å²) in [5.41, 5.74) is 2.86. The van der Waals surface area contributed by atoms with E-state index in [1.54, 1.807) is 19.1 Å². The minimum Gasteiger partial charge on any atom is -0.370 e. The van der Waals surface area contributed by atoms with Crippen molar-refractivity contribution in [2.75, 3.05) is 5.32 Å². The Kier molecular flexibility index (Phi) is 4.64. The van der Waals surface area contributed by atoms with Crippen LogP contribution in [-0.4, -0.2) is 26.0 Å². The van der Waals surface area contributed by atoms with Crippen molar-refractivity contribution in [1.29, 1.82) is 0 Å². The van der Waals surface area contributed by atoms with E-state index in [1.165, 1.54) is 22.2 Å². The number of carbonyl (C=O) groups is 1. The number of rotatable bonds is 3. The highest BCUT2D eigenvalue weighted by molar-refractivity contribution is 7.25. The van der Waals surface area contributed by atoms with Crippen molar-refractivity contribution < 1.29 is 9.53 Å². The number of benzene rings is 1. The highest BCUT2D eigenvalue weighted by atomic mass is 32.1. The number of pyridine rings is 1. The molecule has 1 aromatic carbocycles. The van der Waals surface area contributed by atoms with Crippen LogP contribution in [0.3, 0.4) is 0 Å². The number of para-hydroxylation sites is 1. The van der Waals surface area contributed by atoms with E-state index in [2.05, 4.69) is 24.1 Å². The molecule has 0 aliphatic carbocycles. The fourth-order valence-corrected chi connectivity index (χ4v) is 4.89. The van der Waals surface area contributed by atoms with E-state index in [9.17, 15) is 9.59 Å². The Morgan fingerprint density at radius 3 is 2.84 bits per heavy atom. The normalized spacial score (nSPS) is 16.2. The van der Waals surface area contributed by atoms with E-state index in [0.717, 1.165) is 27.9 Å². The molecule has 4 heterocycles. The number of hydrogen-bond donors (Lipinski definition) is 1. The Morgan fingerprint density at radius 2 is 2.06 bits per heavy atom. The third-order valence-corrected chi connectivity index (χ3v) is 6.69. The summed E-state index contributed by atoms with van der Waals surface area (Å²) in [7, 11) is 0. The van der Waals surface area contributed by atoms with Crippen LogP contribution in [0.25, 0.3) is 20.4 Å². The van der Waals surface area contributed by atoms with Gasteiger partial charge in [-0.1, -0.05) is 18.2 Å². The molecule has 1 N–H and O–H groups in total. The molecule has 3 aromatic heterocycles. The predicted octanol–water partition coefficient (Wildman–Crippen LogP) is 4.06. The number of aromatic nitrogens is 3. The minimum absolute atomic E-state index is 0.238. The van der Waals surface area contributed by atoms with Crippen molar-refractivity contribution in [2.45, 2.75) is 45.4 Å². The SMILES string of the molecule is C[C@@H](C(=O)Nc1ccccc1)n1cnc2c(sc3nc4c(cc32)COC(C)(C)C4)c1=O. The maximum Gasteiger partial charge on any atom is 0.272 e. The molecule has 8 heteroatoms. The minimum atomic E-state index is -0.704. The van der Waals surface area contributed by atoms with E-state index >= 15 is 0 Å². The Morgan fingerprint density at radius 1 is 1.29 bits per heavy atom. The first-order valence-corrected chi connectivity index (χ1v) is 11.0. The third-order valence-electron chi connectivity index (χ3n) is 5.61. The second-order valence-corrected chi connectivity index (χ2v) is 9.44. The van der Waals surface area contributed by atoms with Crippen LogP contribution in [0.1, 0.15) is 38.1 Å². The molecular formula is C23H22N4O3S. The number of anilines is 1. The van der Waals surface area contributed by atoms with E-state index in [1.807, 2.05) is 24.3 Å². The third kappa shape index (κ3) is 3.51. The van der Waals surface area contributed by atoms with E-state index in [-0.39, 0.29) is 17.1 Å². The number of hydrogen-bond acceptors (Lipinski definition) is 6. The summed E-state index contributed by atoms with van der Waals surface area (Å²) in [6.07, 6.45) is 2.17. The number of fused-ring (bicyclic) bond motifs is 4. The van der Waals surface area contributed by atoms with Crippen LogP contribution < -0.4 is 10.9 Å². The van der Waals surface area contributed by atoms with Crippen LogP contribution in [0.4, 0.5) is 5.69 Å². The molecule has 0 saturated heterocycles. The molecule has 1 atom stereocenters. The molecule has 1 aliphatic heterocycles. The lowest BCUT2D eigenvalue weighted by Crippen LogP contribution is -2.32. The first kappa shape index (κ1) is 19.8. The highest BCUT2D eigenvalue weighted by Crippen LogP contribution is 2.34. The quantitative estimate of drug-likeness (QED) is 0.526. The summed E-state index contributed by atoms with van der Waals surface area (Å²) in [4.78, 5) is 36.1. The molecule has 4 aromatic rings. The van der Waals surface area contributed by atoms with Crippen LogP contribution in [0, 0.1) is 0 Å². The summed E-state index contributed by atoms with van der Waals surface area (Å²) in [6.45, 7) is 6.29. The van der Waals surface area contributed by atoms with Crippen LogP contribution in [0.2, 0.25) is 0 Å². The Bertz CT molecular complexity index is 1370. The number of carbonyl (C=O) groups excluding carboxylic acids is 1. The highest BCUT2D eigenvalue weighted by Gasteiger charge is 2.28. The fraction of sp³-hybridized carbons (Fsp3) is 0.304. The molecule has 31 heavy (non-hydrogen) atoms. The van der Waals surface area contributed by atoms with Gasteiger partial charge in [0.05, 0.1) is 29.7 Å². The topological polar surface area (TPSA) is 86.1 Å². The molecule has 0 spiro atoms. The molecule has 158 valence electrons. The summed E-state index contributed by atoms with van der Waals surface area (Å²) in [5, 5.41) is 3.69. The first-order valence-electron chi connectivity index (χ1n) is 10.1. The summed E-state index contributed by atoms with van der Waals surface area (Å²) in [6, 6.07) is 10.5. The van der Waals surface area contributed by atoms with Crippen molar-refractivity contribution in [2.24, 2.45) is 0 Å². The number of ether oxygens (including phenoxy) is 1. The van der Waals surface area contributed by atoms with Crippen molar-refractivity contribution in [3.63, 3.8) is 0 Å². The monoisotopic (exact) mass is 434 g/mol. The molecule has 5 rings (SSSR count). The standard InChI is InChI=1S/C23H22N4O3S/c1-13(20(28)25-15-7-5-4-6-8-15)27-12-24-18-16-9-14-11-30-23(2,3)10-17(14)26-21(16)31-19(18)22(27)29/h4-9,12-13H,10-11H2,1-3H3,(H,25,28)/t13-/m0/s1. The smallest absolute Gasteiger partial charge is 0.272 e. The molecule has 7 nitrogen and oxygen atoms in total. The average Bonchev–Trinajstić information content (AvgIpc) is 3.10. The van der Waals surface area contributed by atoms with Gasteiger partial charge in [0.2, 0.25) is 5.91 Å². The van der Waals surface area contributed by atoms with E-state index in [4.69, 9.17) is 9.72 Å². The van der Waals surface area contributed by atoms with Gasteiger partial charge in [-0.3, -0.25) is 14.2 Å². The molecule has 0 unspecified atom stereocenters. The summed E-state index contributed by atoms with van der Waals surface area (Å²) in [5.74, 6) is -0.275. The summed E-state index contributed by atoms with van der Waals surface area (Å²) >= 11 is 1.33. The van der Waals surface area contributed by atoms with Gasteiger partial charge < -0.3 is 10.1 Å².